The lowest BCUT2D eigenvalue weighted by atomic mass is 10.1. The highest BCUT2D eigenvalue weighted by Gasteiger charge is 2.18. The maximum absolute atomic E-state index is 13.1. The SMILES string of the molecule is NC(C(=O)O)=C(O)c1cc(F)c(F)cc1F. The topological polar surface area (TPSA) is 83.6 Å². The Morgan fingerprint density at radius 1 is 1.06 bits per heavy atom. The summed E-state index contributed by atoms with van der Waals surface area (Å²) in [4.78, 5) is 10.3. The summed E-state index contributed by atoms with van der Waals surface area (Å²) in [5.41, 5.74) is 3.01. The van der Waals surface area contributed by atoms with Crippen molar-refractivity contribution in [3.05, 3.63) is 40.8 Å². The molecule has 1 aromatic carbocycles. The molecule has 0 fully saturated rings. The average Bonchev–Trinajstić information content (AvgIpc) is 2.21. The van der Waals surface area contributed by atoms with Crippen LogP contribution >= 0.6 is 0 Å². The smallest absolute Gasteiger partial charge is 0.355 e. The van der Waals surface area contributed by atoms with Gasteiger partial charge in [-0.2, -0.15) is 0 Å². The molecule has 4 N–H and O–H groups in total. The molecule has 7 heteroatoms. The van der Waals surface area contributed by atoms with Crippen LogP contribution in [0.3, 0.4) is 0 Å². The van der Waals surface area contributed by atoms with Crippen LogP contribution in [0.5, 0.6) is 0 Å². The van der Waals surface area contributed by atoms with Gasteiger partial charge in [-0.25, -0.2) is 18.0 Å². The molecule has 4 nitrogen and oxygen atoms in total. The van der Waals surface area contributed by atoms with Gasteiger partial charge in [-0.3, -0.25) is 0 Å². The van der Waals surface area contributed by atoms with E-state index in [0.717, 1.165) is 0 Å². The van der Waals surface area contributed by atoms with Gasteiger partial charge in [0.1, 0.15) is 5.82 Å². The molecule has 0 radical (unpaired) electrons. The number of rotatable bonds is 2. The van der Waals surface area contributed by atoms with E-state index in [2.05, 4.69) is 0 Å². The predicted octanol–water partition coefficient (Wildman–Crippen LogP) is 1.37. The van der Waals surface area contributed by atoms with E-state index in [0.29, 0.717) is 6.07 Å². The van der Waals surface area contributed by atoms with Crippen molar-refractivity contribution in [3.63, 3.8) is 0 Å². The zero-order valence-electron chi connectivity index (χ0n) is 7.67. The highest BCUT2D eigenvalue weighted by Crippen LogP contribution is 2.20. The standard InChI is InChI=1S/C9H6F3NO3/c10-4-2-6(12)5(11)1-3(4)8(14)7(13)9(15)16/h1-2,14H,13H2,(H,15,16). The number of carboxylic acid groups (broad SMARTS) is 1. The van der Waals surface area contributed by atoms with E-state index < -0.39 is 40.4 Å². The first-order valence-corrected chi connectivity index (χ1v) is 3.91. The van der Waals surface area contributed by atoms with Gasteiger partial charge in [-0.1, -0.05) is 0 Å². The molecule has 0 spiro atoms. The molecule has 0 atom stereocenters. The number of hydrogen-bond donors (Lipinski definition) is 3. The maximum atomic E-state index is 13.1. The molecule has 1 aromatic rings. The van der Waals surface area contributed by atoms with Gasteiger partial charge in [0.25, 0.3) is 0 Å². The van der Waals surface area contributed by atoms with E-state index in [1.807, 2.05) is 0 Å². The molecular weight excluding hydrogens is 227 g/mol. The van der Waals surface area contributed by atoms with Gasteiger partial charge in [-0.15, -0.1) is 0 Å². The number of halogens is 3. The first kappa shape index (κ1) is 11.9. The quantitative estimate of drug-likeness (QED) is 0.409. The number of aliphatic hydroxyl groups excluding tert-OH is 1. The van der Waals surface area contributed by atoms with Gasteiger partial charge in [0.15, 0.2) is 23.1 Å². The van der Waals surface area contributed by atoms with E-state index in [4.69, 9.17) is 10.8 Å². The number of carbonyl (C=O) groups is 1. The molecule has 0 saturated heterocycles. The van der Waals surface area contributed by atoms with Crippen molar-refractivity contribution in [1.82, 2.24) is 0 Å². The Labute approximate surface area is 87.4 Å². The van der Waals surface area contributed by atoms with Gasteiger partial charge in [0.05, 0.1) is 5.56 Å². The minimum atomic E-state index is -1.71. The van der Waals surface area contributed by atoms with Crippen molar-refractivity contribution in [3.8, 4) is 0 Å². The van der Waals surface area contributed by atoms with Crippen molar-refractivity contribution in [2.75, 3.05) is 0 Å². The van der Waals surface area contributed by atoms with Crippen LogP contribution in [-0.2, 0) is 4.79 Å². The molecule has 1 rings (SSSR count). The van der Waals surface area contributed by atoms with E-state index >= 15 is 0 Å². The minimum Gasteiger partial charge on any atom is -0.505 e. The molecule has 0 unspecified atom stereocenters. The molecule has 16 heavy (non-hydrogen) atoms. The predicted molar refractivity (Wildman–Crippen MR) is 47.7 cm³/mol. The van der Waals surface area contributed by atoms with Crippen molar-refractivity contribution in [2.45, 2.75) is 0 Å². The van der Waals surface area contributed by atoms with Crippen LogP contribution in [0, 0.1) is 17.5 Å². The van der Waals surface area contributed by atoms with E-state index in [1.165, 1.54) is 0 Å². The summed E-state index contributed by atoms with van der Waals surface area (Å²) in [6.07, 6.45) is 0. The minimum absolute atomic E-state index is 0.177. The summed E-state index contributed by atoms with van der Waals surface area (Å²) in [5, 5.41) is 17.6. The second-order valence-corrected chi connectivity index (χ2v) is 2.81. The number of aliphatic hydroxyl groups is 1. The van der Waals surface area contributed by atoms with Crippen molar-refractivity contribution >= 4 is 11.7 Å². The molecule has 0 heterocycles. The third-order valence-electron chi connectivity index (χ3n) is 1.75. The van der Waals surface area contributed by atoms with E-state index in [1.54, 1.807) is 0 Å². The molecule has 0 aliphatic rings. The van der Waals surface area contributed by atoms with Crippen LogP contribution in [0.15, 0.2) is 17.8 Å². The number of carboxylic acids is 1. The van der Waals surface area contributed by atoms with Crippen LogP contribution in [-0.4, -0.2) is 16.2 Å². The van der Waals surface area contributed by atoms with Crippen molar-refractivity contribution in [1.29, 1.82) is 0 Å². The molecule has 0 aliphatic carbocycles. The highest BCUT2D eigenvalue weighted by atomic mass is 19.2. The van der Waals surface area contributed by atoms with E-state index in [-0.39, 0.29) is 6.07 Å². The number of nitrogens with two attached hydrogens (primary N) is 1. The van der Waals surface area contributed by atoms with Crippen molar-refractivity contribution < 1.29 is 28.2 Å². The number of hydrogen-bond acceptors (Lipinski definition) is 3. The summed E-state index contributed by atoms with van der Waals surface area (Å²) in [5.74, 6) is -7.07. The van der Waals surface area contributed by atoms with Gasteiger partial charge in [0.2, 0.25) is 0 Å². The summed E-state index contributed by atoms with van der Waals surface area (Å²) >= 11 is 0. The van der Waals surface area contributed by atoms with Gasteiger partial charge in [0, 0.05) is 6.07 Å². The molecule has 0 amide bonds. The third kappa shape index (κ3) is 2.08. The normalized spacial score (nSPS) is 12.2. The first-order valence-electron chi connectivity index (χ1n) is 3.91. The van der Waals surface area contributed by atoms with Crippen LogP contribution in [0.2, 0.25) is 0 Å². The summed E-state index contributed by atoms with van der Waals surface area (Å²) in [6, 6.07) is 0.492. The highest BCUT2D eigenvalue weighted by molar-refractivity contribution is 5.93. The average molecular weight is 233 g/mol. The van der Waals surface area contributed by atoms with Crippen LogP contribution in [0.25, 0.3) is 5.76 Å². The summed E-state index contributed by atoms with van der Waals surface area (Å²) < 4.78 is 38.3. The Morgan fingerprint density at radius 3 is 2.06 bits per heavy atom. The second-order valence-electron chi connectivity index (χ2n) is 2.81. The molecule has 0 aromatic heterocycles. The Morgan fingerprint density at radius 2 is 1.56 bits per heavy atom. The largest absolute Gasteiger partial charge is 0.505 e. The Bertz CT molecular complexity index is 485. The summed E-state index contributed by atoms with van der Waals surface area (Å²) in [7, 11) is 0. The lowest BCUT2D eigenvalue weighted by Crippen LogP contribution is -2.13. The fraction of sp³-hybridized carbons (Fsp3) is 0. The van der Waals surface area contributed by atoms with E-state index in [9.17, 15) is 23.1 Å². The van der Waals surface area contributed by atoms with Gasteiger partial charge >= 0.3 is 5.97 Å². The Balaban J connectivity index is 3.40. The van der Waals surface area contributed by atoms with Crippen LogP contribution in [0.1, 0.15) is 5.56 Å². The van der Waals surface area contributed by atoms with Crippen LogP contribution < -0.4 is 5.73 Å². The lowest BCUT2D eigenvalue weighted by molar-refractivity contribution is -0.132. The van der Waals surface area contributed by atoms with Gasteiger partial charge < -0.3 is 15.9 Å². The molecule has 0 saturated carbocycles. The number of benzene rings is 1. The Hall–Kier alpha value is -2.18. The van der Waals surface area contributed by atoms with Gasteiger partial charge in [-0.05, 0) is 6.07 Å². The molecule has 0 aliphatic heterocycles. The molecular formula is C9H6F3NO3. The first-order chi connectivity index (χ1) is 7.34. The summed E-state index contributed by atoms with van der Waals surface area (Å²) in [6.45, 7) is 0. The molecule has 0 bridgehead atoms. The third-order valence-corrected chi connectivity index (χ3v) is 1.75. The maximum Gasteiger partial charge on any atom is 0.355 e. The lowest BCUT2D eigenvalue weighted by Gasteiger charge is -2.05. The Kier molecular flexibility index (Phi) is 3.07. The zero-order valence-corrected chi connectivity index (χ0v) is 7.67. The fourth-order valence-corrected chi connectivity index (χ4v) is 0.950. The number of aliphatic carboxylic acids is 1. The monoisotopic (exact) mass is 233 g/mol. The van der Waals surface area contributed by atoms with Crippen molar-refractivity contribution in [2.24, 2.45) is 5.73 Å². The molecule has 86 valence electrons. The zero-order chi connectivity index (χ0) is 12.5. The second kappa shape index (κ2) is 4.13. The fourth-order valence-electron chi connectivity index (χ4n) is 0.950. The van der Waals surface area contributed by atoms with Crippen LogP contribution in [0.4, 0.5) is 13.2 Å².